The minimum atomic E-state index is -3.77. The summed E-state index contributed by atoms with van der Waals surface area (Å²) in [5.41, 5.74) is 2.98. The molecule has 2 aromatic carbocycles. The van der Waals surface area contributed by atoms with Crippen LogP contribution in [-0.2, 0) is 16.4 Å². The van der Waals surface area contributed by atoms with E-state index in [-0.39, 0.29) is 10.9 Å². The van der Waals surface area contributed by atoms with Crippen LogP contribution in [0.1, 0.15) is 43.4 Å². The smallest absolute Gasteiger partial charge is 0.324 e. The van der Waals surface area contributed by atoms with E-state index in [1.54, 1.807) is 47.6 Å². The molecule has 0 spiro atoms. The lowest BCUT2D eigenvalue weighted by molar-refractivity contribution is 0.174. The number of nitrogens with zero attached hydrogens (tertiary/aromatic N) is 3. The molecule has 1 aliphatic heterocycles. The van der Waals surface area contributed by atoms with Crippen molar-refractivity contribution in [1.29, 1.82) is 0 Å². The summed E-state index contributed by atoms with van der Waals surface area (Å²) in [5.74, 6) is 0. The fourth-order valence-electron chi connectivity index (χ4n) is 4.50. The van der Waals surface area contributed by atoms with Gasteiger partial charge in [-0.05, 0) is 67.4 Å². The van der Waals surface area contributed by atoms with Crippen molar-refractivity contribution in [3.63, 3.8) is 0 Å². The molecule has 2 amide bonds. The summed E-state index contributed by atoms with van der Waals surface area (Å²) in [6, 6.07) is 17.3. The average Bonchev–Trinajstić information content (AvgIpc) is 3.32. The second kappa shape index (κ2) is 13.5. The zero-order valence-corrected chi connectivity index (χ0v) is 23.1. The summed E-state index contributed by atoms with van der Waals surface area (Å²) < 4.78 is 28.5. The Labute approximate surface area is 230 Å². The molecule has 9 nitrogen and oxygen atoms in total. The SMILES string of the molecule is CCCCCN1CCN(c2ccc(S(=O)(=O)Nc3ccc(CCNCC(O)c4cccnc4)cc3)cc2)C1=O. The fourth-order valence-corrected chi connectivity index (χ4v) is 5.56. The quantitative estimate of drug-likeness (QED) is 0.259. The topological polar surface area (TPSA) is 115 Å². The van der Waals surface area contributed by atoms with Crippen molar-refractivity contribution in [3.8, 4) is 0 Å². The Bertz CT molecular complexity index is 1300. The van der Waals surface area contributed by atoms with Crippen molar-refractivity contribution in [2.24, 2.45) is 0 Å². The molecule has 0 bridgehead atoms. The Kier molecular flexibility index (Phi) is 9.91. The lowest BCUT2D eigenvalue weighted by Crippen LogP contribution is -2.32. The van der Waals surface area contributed by atoms with E-state index in [1.807, 2.05) is 23.1 Å². The number of nitrogens with one attached hydrogen (secondary N) is 2. The zero-order valence-electron chi connectivity index (χ0n) is 22.3. The first kappa shape index (κ1) is 28.5. The maximum atomic E-state index is 12.9. The van der Waals surface area contributed by atoms with Gasteiger partial charge in [-0.2, -0.15) is 0 Å². The number of benzene rings is 2. The highest BCUT2D eigenvalue weighted by Crippen LogP contribution is 2.24. The third-order valence-electron chi connectivity index (χ3n) is 6.79. The molecule has 208 valence electrons. The first-order valence-corrected chi connectivity index (χ1v) is 14.9. The highest BCUT2D eigenvalue weighted by atomic mass is 32.2. The molecule has 1 fully saturated rings. The van der Waals surface area contributed by atoms with Crippen molar-refractivity contribution < 1.29 is 18.3 Å². The number of amides is 2. The number of carbonyl (C=O) groups is 1. The van der Waals surface area contributed by atoms with Crippen LogP contribution in [-0.4, -0.2) is 62.2 Å². The number of sulfonamides is 1. The van der Waals surface area contributed by atoms with E-state index >= 15 is 0 Å². The van der Waals surface area contributed by atoms with Crippen LogP contribution in [0, 0.1) is 0 Å². The number of aliphatic hydroxyl groups excluding tert-OH is 1. The van der Waals surface area contributed by atoms with E-state index in [1.165, 1.54) is 12.1 Å². The molecule has 2 heterocycles. The molecule has 1 aliphatic rings. The van der Waals surface area contributed by atoms with E-state index < -0.39 is 16.1 Å². The van der Waals surface area contributed by atoms with E-state index in [4.69, 9.17) is 0 Å². The van der Waals surface area contributed by atoms with Gasteiger partial charge in [-0.15, -0.1) is 0 Å². The maximum Gasteiger partial charge on any atom is 0.324 e. The monoisotopic (exact) mass is 551 g/mol. The minimum Gasteiger partial charge on any atom is -0.387 e. The van der Waals surface area contributed by atoms with E-state index in [2.05, 4.69) is 21.9 Å². The van der Waals surface area contributed by atoms with Crippen LogP contribution in [0.15, 0.2) is 78.0 Å². The lowest BCUT2D eigenvalue weighted by Gasteiger charge is -2.19. The number of carbonyl (C=O) groups excluding carboxylic acids is 1. The Morgan fingerprint density at radius 2 is 1.79 bits per heavy atom. The van der Waals surface area contributed by atoms with Gasteiger partial charge in [0.25, 0.3) is 10.0 Å². The molecule has 4 rings (SSSR count). The van der Waals surface area contributed by atoms with Crippen molar-refractivity contribution in [3.05, 3.63) is 84.2 Å². The number of pyridine rings is 1. The predicted octanol–water partition coefficient (Wildman–Crippen LogP) is 4.18. The molecular weight excluding hydrogens is 514 g/mol. The summed E-state index contributed by atoms with van der Waals surface area (Å²) in [7, 11) is -3.77. The Morgan fingerprint density at radius 1 is 1.03 bits per heavy atom. The van der Waals surface area contributed by atoms with Crippen LogP contribution in [0.25, 0.3) is 0 Å². The Morgan fingerprint density at radius 3 is 2.49 bits per heavy atom. The fraction of sp³-hybridized carbons (Fsp3) is 0.379. The third kappa shape index (κ3) is 7.78. The van der Waals surface area contributed by atoms with E-state index in [0.29, 0.717) is 37.6 Å². The number of anilines is 2. The Balaban J connectivity index is 1.26. The summed E-state index contributed by atoms with van der Waals surface area (Å²) in [6.07, 6.45) is 6.64. The first-order valence-electron chi connectivity index (χ1n) is 13.4. The van der Waals surface area contributed by atoms with Gasteiger partial charge in [0.15, 0.2) is 0 Å². The van der Waals surface area contributed by atoms with Gasteiger partial charge >= 0.3 is 6.03 Å². The molecule has 0 aliphatic carbocycles. The number of urea groups is 1. The van der Waals surface area contributed by atoms with Crippen LogP contribution in [0.4, 0.5) is 16.2 Å². The minimum absolute atomic E-state index is 0.0280. The molecular formula is C29H37N5O4S. The van der Waals surface area contributed by atoms with Crippen molar-refractivity contribution >= 4 is 27.4 Å². The van der Waals surface area contributed by atoms with Gasteiger partial charge < -0.3 is 15.3 Å². The standard InChI is InChI=1S/C29H37N5O4S/c1-2-3-4-18-33-19-20-34(29(33)36)26-11-13-27(14-12-26)39(37,38)32-25-9-7-23(8-10-25)15-17-31-22-28(35)24-6-5-16-30-21-24/h5-14,16,21,28,31-32,35H,2-4,15,17-20,22H2,1H3. The average molecular weight is 552 g/mol. The molecule has 10 heteroatoms. The molecule has 0 radical (unpaired) electrons. The molecule has 1 saturated heterocycles. The lowest BCUT2D eigenvalue weighted by atomic mass is 10.1. The largest absolute Gasteiger partial charge is 0.387 e. The highest BCUT2D eigenvalue weighted by molar-refractivity contribution is 7.92. The van der Waals surface area contributed by atoms with Crippen molar-refractivity contribution in [1.82, 2.24) is 15.2 Å². The molecule has 1 atom stereocenters. The Hall–Kier alpha value is -3.47. The third-order valence-corrected chi connectivity index (χ3v) is 8.19. The van der Waals surface area contributed by atoms with Crippen LogP contribution in [0.2, 0.25) is 0 Å². The highest BCUT2D eigenvalue weighted by Gasteiger charge is 2.29. The first-order chi connectivity index (χ1) is 18.9. The second-order valence-corrected chi connectivity index (χ2v) is 11.4. The molecule has 1 unspecified atom stereocenters. The van der Waals surface area contributed by atoms with Gasteiger partial charge in [0, 0.05) is 55.5 Å². The van der Waals surface area contributed by atoms with Crippen LogP contribution in [0.3, 0.4) is 0 Å². The van der Waals surface area contributed by atoms with Crippen LogP contribution < -0.4 is 14.9 Å². The van der Waals surface area contributed by atoms with E-state index in [9.17, 15) is 18.3 Å². The van der Waals surface area contributed by atoms with Crippen molar-refractivity contribution in [2.45, 2.75) is 43.6 Å². The van der Waals surface area contributed by atoms with Gasteiger partial charge in [0.1, 0.15) is 0 Å². The number of rotatable bonds is 14. The molecule has 3 aromatic rings. The molecule has 39 heavy (non-hydrogen) atoms. The number of aromatic nitrogens is 1. The van der Waals surface area contributed by atoms with Gasteiger partial charge in [-0.25, -0.2) is 13.2 Å². The molecule has 1 aromatic heterocycles. The van der Waals surface area contributed by atoms with Gasteiger partial charge in [-0.3, -0.25) is 14.6 Å². The maximum absolute atomic E-state index is 12.9. The van der Waals surface area contributed by atoms with Crippen molar-refractivity contribution in [2.75, 3.05) is 42.3 Å². The van der Waals surface area contributed by atoms with Gasteiger partial charge in [-0.1, -0.05) is 38.0 Å². The number of unbranched alkanes of at least 4 members (excludes halogenated alkanes) is 2. The number of hydrogen-bond acceptors (Lipinski definition) is 6. The number of aliphatic hydroxyl groups is 1. The van der Waals surface area contributed by atoms with Gasteiger partial charge in [0.05, 0.1) is 11.0 Å². The molecule has 0 saturated carbocycles. The summed E-state index contributed by atoms with van der Waals surface area (Å²) >= 11 is 0. The summed E-state index contributed by atoms with van der Waals surface area (Å²) in [4.78, 5) is 20.4. The summed E-state index contributed by atoms with van der Waals surface area (Å²) in [6.45, 7) is 5.27. The van der Waals surface area contributed by atoms with Gasteiger partial charge in [0.2, 0.25) is 0 Å². The van der Waals surface area contributed by atoms with E-state index in [0.717, 1.165) is 43.4 Å². The summed E-state index contributed by atoms with van der Waals surface area (Å²) in [5, 5.41) is 13.4. The number of hydrogen-bond donors (Lipinski definition) is 3. The van der Waals surface area contributed by atoms with Crippen LogP contribution in [0.5, 0.6) is 0 Å². The predicted molar refractivity (Wildman–Crippen MR) is 153 cm³/mol. The molecule has 3 N–H and O–H groups in total. The zero-order chi connectivity index (χ0) is 27.7. The van der Waals surface area contributed by atoms with Crippen LogP contribution >= 0.6 is 0 Å². The second-order valence-electron chi connectivity index (χ2n) is 9.68. The normalized spacial score (nSPS) is 14.6.